The van der Waals surface area contributed by atoms with Crippen molar-refractivity contribution in [2.45, 2.75) is 39.7 Å². The lowest BCUT2D eigenvalue weighted by molar-refractivity contribution is -0.136. The van der Waals surface area contributed by atoms with Crippen LogP contribution in [-0.2, 0) is 21.5 Å². The molecule has 0 aliphatic carbocycles. The molecule has 0 saturated heterocycles. The molecule has 0 unspecified atom stereocenters. The molecule has 1 heterocycles. The summed E-state index contributed by atoms with van der Waals surface area (Å²) in [6, 6.07) is 4.36. The van der Waals surface area contributed by atoms with Gasteiger partial charge in [0.05, 0.1) is 22.9 Å². The van der Waals surface area contributed by atoms with Gasteiger partial charge in [0.2, 0.25) is 0 Å². The molecule has 2 aromatic rings. The van der Waals surface area contributed by atoms with Gasteiger partial charge in [0.1, 0.15) is 5.82 Å². The average Bonchev–Trinajstić information content (AvgIpc) is 2.96. The van der Waals surface area contributed by atoms with Crippen molar-refractivity contribution in [1.29, 1.82) is 0 Å². The summed E-state index contributed by atoms with van der Waals surface area (Å²) in [4.78, 5) is 28.1. The van der Waals surface area contributed by atoms with Gasteiger partial charge in [0.15, 0.2) is 0 Å². The number of anilines is 1. The molecular formula is C17H20FN3O2S. The number of hydrogen-bond acceptors (Lipinski definition) is 4. The zero-order chi connectivity index (χ0) is 17.9. The Morgan fingerprint density at radius 3 is 2.54 bits per heavy atom. The summed E-state index contributed by atoms with van der Waals surface area (Å²) in [5, 5.41) is 7.55. The molecule has 2 rings (SSSR count). The minimum Gasteiger partial charge on any atom is -0.342 e. The van der Waals surface area contributed by atoms with Gasteiger partial charge in [-0.05, 0) is 24.6 Å². The van der Waals surface area contributed by atoms with Crippen molar-refractivity contribution in [3.05, 3.63) is 45.7 Å². The van der Waals surface area contributed by atoms with Crippen LogP contribution in [0.1, 0.15) is 37.0 Å². The maximum atomic E-state index is 13.7. The van der Waals surface area contributed by atoms with Crippen molar-refractivity contribution in [3.8, 4) is 0 Å². The molecule has 0 saturated carbocycles. The largest absolute Gasteiger partial charge is 0.342 e. The van der Waals surface area contributed by atoms with Gasteiger partial charge in [-0.2, -0.15) is 0 Å². The molecule has 5 nitrogen and oxygen atoms in total. The molecular weight excluding hydrogens is 329 g/mol. The van der Waals surface area contributed by atoms with Gasteiger partial charge in [-0.15, -0.1) is 11.3 Å². The summed E-state index contributed by atoms with van der Waals surface area (Å²) in [7, 11) is 0. The highest BCUT2D eigenvalue weighted by Crippen LogP contribution is 2.25. The van der Waals surface area contributed by atoms with Crippen LogP contribution in [-0.4, -0.2) is 16.8 Å². The van der Waals surface area contributed by atoms with Crippen molar-refractivity contribution < 1.29 is 14.0 Å². The number of aromatic nitrogens is 1. The highest BCUT2D eigenvalue weighted by Gasteiger charge is 2.19. The number of nitrogens with one attached hydrogen (secondary N) is 2. The number of hydrogen-bond donors (Lipinski definition) is 2. The molecule has 0 bridgehead atoms. The van der Waals surface area contributed by atoms with E-state index in [1.54, 1.807) is 13.0 Å². The van der Waals surface area contributed by atoms with E-state index in [4.69, 9.17) is 0 Å². The molecule has 1 aromatic heterocycles. The molecule has 0 spiro atoms. The van der Waals surface area contributed by atoms with Gasteiger partial charge in [-0.3, -0.25) is 9.59 Å². The van der Waals surface area contributed by atoms with E-state index in [9.17, 15) is 14.0 Å². The van der Waals surface area contributed by atoms with Crippen molar-refractivity contribution in [3.63, 3.8) is 0 Å². The fourth-order valence-corrected chi connectivity index (χ4v) is 2.79. The summed E-state index contributed by atoms with van der Waals surface area (Å²) in [5.74, 6) is -2.32. The lowest BCUT2D eigenvalue weighted by Gasteiger charge is -2.13. The lowest BCUT2D eigenvalue weighted by atomic mass is 9.98. The maximum Gasteiger partial charge on any atom is 0.313 e. The molecule has 0 radical (unpaired) electrons. The number of halogens is 1. The first-order valence-corrected chi connectivity index (χ1v) is 8.35. The molecule has 0 aliphatic heterocycles. The summed E-state index contributed by atoms with van der Waals surface area (Å²) < 4.78 is 13.7. The molecule has 7 heteroatoms. The van der Waals surface area contributed by atoms with Gasteiger partial charge in [0, 0.05) is 10.8 Å². The highest BCUT2D eigenvalue weighted by molar-refractivity contribution is 7.09. The van der Waals surface area contributed by atoms with Gasteiger partial charge in [-0.1, -0.05) is 26.8 Å². The third-order valence-electron chi connectivity index (χ3n) is 3.20. The standard InChI is InChI=1S/C17H20FN3O2S/c1-10-5-6-13(12(18)7-10)21-15(23)14(22)19-8-11-9-24-16(20-11)17(2,3)4/h5-7,9H,8H2,1-4H3,(H,19,22)(H,21,23). The Kier molecular flexibility index (Phi) is 5.33. The van der Waals surface area contributed by atoms with Gasteiger partial charge in [-0.25, -0.2) is 9.37 Å². The van der Waals surface area contributed by atoms with Crippen molar-refractivity contribution in [1.82, 2.24) is 10.3 Å². The third-order valence-corrected chi connectivity index (χ3v) is 4.52. The summed E-state index contributed by atoms with van der Waals surface area (Å²) in [5.41, 5.74) is 1.33. The SMILES string of the molecule is Cc1ccc(NC(=O)C(=O)NCc2csc(C(C)(C)C)n2)c(F)c1. The number of carbonyl (C=O) groups is 2. The molecule has 128 valence electrons. The third kappa shape index (κ3) is 4.61. The Morgan fingerprint density at radius 1 is 1.25 bits per heavy atom. The first-order chi connectivity index (χ1) is 11.2. The number of nitrogens with zero attached hydrogens (tertiary/aromatic N) is 1. The van der Waals surface area contributed by atoms with E-state index in [-0.39, 0.29) is 17.6 Å². The van der Waals surface area contributed by atoms with Gasteiger partial charge >= 0.3 is 11.8 Å². The van der Waals surface area contributed by atoms with Crippen molar-refractivity contribution in [2.75, 3.05) is 5.32 Å². The van der Waals surface area contributed by atoms with Gasteiger partial charge in [0.25, 0.3) is 0 Å². The van der Waals surface area contributed by atoms with Crippen molar-refractivity contribution >= 4 is 28.8 Å². The summed E-state index contributed by atoms with van der Waals surface area (Å²) in [6.45, 7) is 8.05. The topological polar surface area (TPSA) is 71.1 Å². The maximum absolute atomic E-state index is 13.7. The van der Waals surface area contributed by atoms with E-state index in [0.29, 0.717) is 5.69 Å². The zero-order valence-corrected chi connectivity index (χ0v) is 14.9. The number of aryl methyl sites for hydroxylation is 1. The molecule has 0 fully saturated rings. The smallest absolute Gasteiger partial charge is 0.313 e. The second-order valence-electron chi connectivity index (χ2n) is 6.51. The van der Waals surface area contributed by atoms with Crippen LogP contribution in [0.3, 0.4) is 0 Å². The average molecular weight is 349 g/mol. The second-order valence-corrected chi connectivity index (χ2v) is 7.37. The Hall–Kier alpha value is -2.28. The second kappa shape index (κ2) is 7.09. The summed E-state index contributed by atoms with van der Waals surface area (Å²) >= 11 is 1.51. The van der Waals surface area contributed by atoms with Crippen LogP contribution < -0.4 is 10.6 Å². The van der Waals surface area contributed by atoms with Crippen LogP contribution in [0.4, 0.5) is 10.1 Å². The number of benzene rings is 1. The quantitative estimate of drug-likeness (QED) is 0.836. The van der Waals surface area contributed by atoms with Crippen LogP contribution in [0.25, 0.3) is 0 Å². The number of thiazole rings is 1. The predicted molar refractivity (Wildman–Crippen MR) is 92.4 cm³/mol. The Balaban J connectivity index is 1.92. The van der Waals surface area contributed by atoms with Crippen LogP contribution in [0.5, 0.6) is 0 Å². The number of carbonyl (C=O) groups excluding carboxylic acids is 2. The van der Waals surface area contributed by atoms with E-state index < -0.39 is 17.6 Å². The Labute approximate surface area is 144 Å². The van der Waals surface area contributed by atoms with E-state index >= 15 is 0 Å². The fourth-order valence-electron chi connectivity index (χ4n) is 1.88. The van der Waals surface area contributed by atoms with E-state index in [1.807, 2.05) is 5.38 Å². The number of rotatable bonds is 3. The lowest BCUT2D eigenvalue weighted by Crippen LogP contribution is -2.35. The molecule has 0 atom stereocenters. The normalized spacial score (nSPS) is 11.2. The molecule has 1 aromatic carbocycles. The highest BCUT2D eigenvalue weighted by atomic mass is 32.1. The van der Waals surface area contributed by atoms with Crippen LogP contribution in [0, 0.1) is 12.7 Å². The minimum atomic E-state index is -0.913. The van der Waals surface area contributed by atoms with Crippen molar-refractivity contribution in [2.24, 2.45) is 0 Å². The number of amides is 2. The first-order valence-electron chi connectivity index (χ1n) is 7.47. The molecule has 2 N–H and O–H groups in total. The Morgan fingerprint density at radius 2 is 1.96 bits per heavy atom. The first kappa shape index (κ1) is 18.1. The van der Waals surface area contributed by atoms with Crippen LogP contribution in [0.15, 0.2) is 23.6 Å². The monoisotopic (exact) mass is 349 g/mol. The van der Waals surface area contributed by atoms with E-state index in [2.05, 4.69) is 36.4 Å². The van der Waals surface area contributed by atoms with E-state index in [0.717, 1.165) is 10.6 Å². The predicted octanol–water partition coefficient (Wildman–Crippen LogP) is 3.14. The minimum absolute atomic E-state index is 0.0237. The zero-order valence-electron chi connectivity index (χ0n) is 14.1. The molecule has 24 heavy (non-hydrogen) atoms. The van der Waals surface area contributed by atoms with Crippen LogP contribution in [0.2, 0.25) is 0 Å². The van der Waals surface area contributed by atoms with Crippen LogP contribution >= 0.6 is 11.3 Å². The molecule has 2 amide bonds. The van der Waals surface area contributed by atoms with E-state index in [1.165, 1.54) is 23.5 Å². The summed E-state index contributed by atoms with van der Waals surface area (Å²) in [6.07, 6.45) is 0. The molecule has 0 aliphatic rings. The fraction of sp³-hybridized carbons (Fsp3) is 0.353. The van der Waals surface area contributed by atoms with Gasteiger partial charge < -0.3 is 10.6 Å². The Bertz CT molecular complexity index is 765.